The zero-order chi connectivity index (χ0) is 12.6. The minimum atomic E-state index is -0.0953. The highest BCUT2D eigenvalue weighted by Gasteiger charge is 2.59. The second-order valence-corrected chi connectivity index (χ2v) is 5.41. The molecule has 3 aliphatic rings. The van der Waals surface area contributed by atoms with Gasteiger partial charge < -0.3 is 19.7 Å². The van der Waals surface area contributed by atoms with Gasteiger partial charge in [0.2, 0.25) is 0 Å². The fraction of sp³-hybridized carbons (Fsp3) is 0.923. The number of halogens is 1. The van der Waals surface area contributed by atoms with Gasteiger partial charge in [0.1, 0.15) is 5.60 Å². The van der Waals surface area contributed by atoms with E-state index in [0.717, 1.165) is 51.5 Å². The van der Waals surface area contributed by atoms with Gasteiger partial charge in [0, 0.05) is 26.8 Å². The van der Waals surface area contributed by atoms with Crippen LogP contribution in [-0.2, 0) is 9.47 Å². The van der Waals surface area contributed by atoms with Gasteiger partial charge in [0.05, 0.1) is 18.7 Å². The molecule has 0 aromatic carbocycles. The van der Waals surface area contributed by atoms with E-state index >= 15 is 0 Å². The van der Waals surface area contributed by atoms with Crippen LogP contribution in [-0.4, -0.2) is 62.0 Å². The van der Waals surface area contributed by atoms with Crippen molar-refractivity contribution in [3.63, 3.8) is 0 Å². The molecular formula is C13H24IN3O2. The highest BCUT2D eigenvalue weighted by molar-refractivity contribution is 14.0. The maximum Gasteiger partial charge on any atom is 0.194 e. The SMILES string of the molecule is CCOC1CC(NC2=NCCN2C)C12CCCO2.I. The molecule has 0 aromatic heterocycles. The number of hydrogen-bond acceptors (Lipinski definition) is 5. The molecule has 3 atom stereocenters. The van der Waals surface area contributed by atoms with Crippen LogP contribution in [0.4, 0.5) is 0 Å². The van der Waals surface area contributed by atoms with Crippen LogP contribution >= 0.6 is 24.0 Å². The van der Waals surface area contributed by atoms with Crippen LogP contribution in [0.3, 0.4) is 0 Å². The largest absolute Gasteiger partial charge is 0.375 e. The van der Waals surface area contributed by atoms with Crippen LogP contribution in [0.15, 0.2) is 4.99 Å². The van der Waals surface area contributed by atoms with E-state index in [1.54, 1.807) is 0 Å². The number of likely N-dealkylation sites (N-methyl/N-ethyl adjacent to an activating group) is 1. The Morgan fingerprint density at radius 3 is 3.00 bits per heavy atom. The summed E-state index contributed by atoms with van der Waals surface area (Å²) in [5, 5.41) is 3.56. The van der Waals surface area contributed by atoms with E-state index in [0.29, 0.717) is 6.04 Å². The Labute approximate surface area is 132 Å². The molecule has 5 nitrogen and oxygen atoms in total. The summed E-state index contributed by atoms with van der Waals surface area (Å²) < 4.78 is 11.9. The van der Waals surface area contributed by atoms with E-state index in [1.165, 1.54) is 0 Å². The van der Waals surface area contributed by atoms with Crippen molar-refractivity contribution in [2.24, 2.45) is 4.99 Å². The van der Waals surface area contributed by atoms with Crippen LogP contribution in [0, 0.1) is 0 Å². The summed E-state index contributed by atoms with van der Waals surface area (Å²) in [6, 6.07) is 0.357. The number of nitrogens with zero attached hydrogens (tertiary/aromatic N) is 2. The maximum atomic E-state index is 6.04. The van der Waals surface area contributed by atoms with E-state index in [2.05, 4.69) is 29.2 Å². The summed E-state index contributed by atoms with van der Waals surface area (Å²) >= 11 is 0. The fourth-order valence-corrected chi connectivity index (χ4v) is 3.32. The molecule has 2 aliphatic heterocycles. The van der Waals surface area contributed by atoms with Gasteiger partial charge in [-0.25, -0.2) is 0 Å². The van der Waals surface area contributed by atoms with Gasteiger partial charge in [0.15, 0.2) is 5.96 Å². The molecule has 3 rings (SSSR count). The van der Waals surface area contributed by atoms with Crippen molar-refractivity contribution in [3.05, 3.63) is 0 Å². The van der Waals surface area contributed by atoms with Crippen LogP contribution in [0.2, 0.25) is 0 Å². The molecule has 0 amide bonds. The van der Waals surface area contributed by atoms with E-state index in [9.17, 15) is 0 Å². The second kappa shape index (κ2) is 6.13. The van der Waals surface area contributed by atoms with Gasteiger partial charge in [-0.1, -0.05) is 0 Å². The lowest BCUT2D eigenvalue weighted by molar-refractivity contribution is -0.194. The maximum absolute atomic E-state index is 6.04. The van der Waals surface area contributed by atoms with Gasteiger partial charge >= 0.3 is 0 Å². The molecule has 0 bridgehead atoms. The lowest BCUT2D eigenvalue weighted by Gasteiger charge is -2.53. The standard InChI is InChI=1S/C13H23N3O2.HI/c1-3-17-11-9-10(13(11)5-4-8-18-13)15-12-14-6-7-16(12)2;/h10-11H,3-9H2,1-2H3,(H,14,15);1H. The minimum Gasteiger partial charge on any atom is -0.375 e. The third kappa shape index (κ3) is 2.58. The number of nitrogens with one attached hydrogen (secondary N) is 1. The Morgan fingerprint density at radius 2 is 2.42 bits per heavy atom. The monoisotopic (exact) mass is 381 g/mol. The Hall–Kier alpha value is -0.0800. The van der Waals surface area contributed by atoms with Crippen molar-refractivity contribution in [1.82, 2.24) is 10.2 Å². The molecule has 110 valence electrons. The third-order valence-electron chi connectivity index (χ3n) is 4.40. The Morgan fingerprint density at radius 1 is 1.58 bits per heavy atom. The highest BCUT2D eigenvalue weighted by Crippen LogP contribution is 2.45. The predicted octanol–water partition coefficient (Wildman–Crippen LogP) is 1.22. The first-order valence-corrected chi connectivity index (χ1v) is 7.04. The van der Waals surface area contributed by atoms with Gasteiger partial charge in [-0.3, -0.25) is 4.99 Å². The molecule has 1 saturated heterocycles. The van der Waals surface area contributed by atoms with Crippen LogP contribution in [0.25, 0.3) is 0 Å². The van der Waals surface area contributed by atoms with Gasteiger partial charge in [-0.15, -0.1) is 24.0 Å². The zero-order valence-electron chi connectivity index (χ0n) is 11.7. The molecule has 0 aromatic rings. The molecule has 2 heterocycles. The molecule has 0 radical (unpaired) electrons. The Kier molecular flexibility index (Phi) is 4.94. The van der Waals surface area contributed by atoms with Crippen molar-refractivity contribution in [2.75, 3.05) is 33.4 Å². The zero-order valence-corrected chi connectivity index (χ0v) is 14.1. The summed E-state index contributed by atoms with van der Waals surface area (Å²) in [6.07, 6.45) is 3.53. The molecule has 6 heteroatoms. The quantitative estimate of drug-likeness (QED) is 0.747. The van der Waals surface area contributed by atoms with E-state index in [-0.39, 0.29) is 35.7 Å². The molecule has 19 heavy (non-hydrogen) atoms. The van der Waals surface area contributed by atoms with Crippen LogP contribution < -0.4 is 5.32 Å². The minimum absolute atomic E-state index is 0. The Balaban J connectivity index is 0.00000133. The topological polar surface area (TPSA) is 46.1 Å². The van der Waals surface area contributed by atoms with E-state index in [4.69, 9.17) is 9.47 Å². The summed E-state index contributed by atoms with van der Waals surface area (Å²) in [5.41, 5.74) is -0.0953. The van der Waals surface area contributed by atoms with E-state index < -0.39 is 0 Å². The second-order valence-electron chi connectivity index (χ2n) is 5.41. The first kappa shape index (κ1) is 15.3. The number of ether oxygens (including phenoxy) is 2. The molecule has 3 unspecified atom stereocenters. The van der Waals surface area contributed by atoms with Gasteiger partial charge in [-0.05, 0) is 26.2 Å². The predicted molar refractivity (Wildman–Crippen MR) is 85.2 cm³/mol. The molecule has 2 fully saturated rings. The van der Waals surface area contributed by atoms with Crippen molar-refractivity contribution < 1.29 is 9.47 Å². The van der Waals surface area contributed by atoms with Crippen LogP contribution in [0.1, 0.15) is 26.2 Å². The number of aliphatic imine (C=N–C) groups is 1. The average Bonchev–Trinajstić information content (AvgIpc) is 2.99. The summed E-state index contributed by atoms with van der Waals surface area (Å²) in [4.78, 5) is 6.68. The number of guanidine groups is 1. The molecule has 1 spiro atoms. The number of rotatable bonds is 3. The molecule has 1 saturated carbocycles. The van der Waals surface area contributed by atoms with Crippen molar-refractivity contribution >= 4 is 29.9 Å². The molecule has 1 aliphatic carbocycles. The lowest BCUT2D eigenvalue weighted by Crippen LogP contribution is -2.70. The highest BCUT2D eigenvalue weighted by atomic mass is 127. The first-order chi connectivity index (χ1) is 8.76. The van der Waals surface area contributed by atoms with Crippen LogP contribution in [0.5, 0.6) is 0 Å². The van der Waals surface area contributed by atoms with Crippen molar-refractivity contribution in [3.8, 4) is 0 Å². The van der Waals surface area contributed by atoms with Gasteiger partial charge in [-0.2, -0.15) is 0 Å². The lowest BCUT2D eigenvalue weighted by atomic mass is 9.70. The Bertz CT molecular complexity index is 345. The van der Waals surface area contributed by atoms with E-state index in [1.807, 2.05) is 0 Å². The summed E-state index contributed by atoms with van der Waals surface area (Å²) in [7, 11) is 2.08. The fourth-order valence-electron chi connectivity index (χ4n) is 3.32. The average molecular weight is 381 g/mol. The molecular weight excluding hydrogens is 357 g/mol. The first-order valence-electron chi connectivity index (χ1n) is 7.04. The smallest absolute Gasteiger partial charge is 0.194 e. The van der Waals surface area contributed by atoms with Gasteiger partial charge in [0.25, 0.3) is 0 Å². The number of hydrogen-bond donors (Lipinski definition) is 1. The summed E-state index contributed by atoms with van der Waals surface area (Å²) in [5.74, 6) is 1.02. The van der Waals surface area contributed by atoms with Crippen molar-refractivity contribution in [2.45, 2.75) is 43.9 Å². The normalized spacial score (nSPS) is 36.9. The molecule has 1 N–H and O–H groups in total. The third-order valence-corrected chi connectivity index (χ3v) is 4.40. The van der Waals surface area contributed by atoms with Crippen molar-refractivity contribution in [1.29, 1.82) is 0 Å². The summed E-state index contributed by atoms with van der Waals surface area (Å²) in [6.45, 7) is 5.59.